The predicted octanol–water partition coefficient (Wildman–Crippen LogP) is 5.74. The van der Waals surface area contributed by atoms with Gasteiger partial charge in [-0.2, -0.15) is 0 Å². The van der Waals surface area contributed by atoms with Gasteiger partial charge in [-0.3, -0.25) is 14.9 Å². The molecule has 7 nitrogen and oxygen atoms in total. The number of carbonyl (C=O) groups is 1. The van der Waals surface area contributed by atoms with Gasteiger partial charge in [0.25, 0.3) is 11.6 Å². The fourth-order valence-electron chi connectivity index (χ4n) is 3.19. The molecule has 0 saturated carbocycles. The highest BCUT2D eigenvalue weighted by molar-refractivity contribution is 8.05. The van der Waals surface area contributed by atoms with Crippen molar-refractivity contribution >= 4 is 46.7 Å². The molecule has 33 heavy (non-hydrogen) atoms. The molecule has 4 rings (SSSR count). The van der Waals surface area contributed by atoms with E-state index in [0.717, 1.165) is 22.4 Å². The van der Waals surface area contributed by atoms with E-state index in [2.05, 4.69) is 10.6 Å². The first-order valence-corrected chi connectivity index (χ1v) is 11.3. The number of amides is 1. The van der Waals surface area contributed by atoms with Crippen molar-refractivity contribution in [1.82, 2.24) is 5.32 Å². The summed E-state index contributed by atoms with van der Waals surface area (Å²) in [6, 6.07) is 19.2. The fourth-order valence-corrected chi connectivity index (χ4v) is 4.39. The number of aryl methyl sites for hydroxylation is 1. The summed E-state index contributed by atoms with van der Waals surface area (Å²) < 4.78 is 5.75. The van der Waals surface area contributed by atoms with Crippen molar-refractivity contribution in [3.63, 3.8) is 0 Å². The third-order valence-electron chi connectivity index (χ3n) is 4.94. The molecule has 3 aromatic carbocycles. The van der Waals surface area contributed by atoms with Crippen LogP contribution in [0, 0.1) is 17.0 Å². The molecule has 1 aliphatic heterocycles. The van der Waals surface area contributed by atoms with Crippen LogP contribution in [0.25, 0.3) is 6.08 Å². The first-order valence-electron chi connectivity index (χ1n) is 10.1. The highest BCUT2D eigenvalue weighted by Crippen LogP contribution is 2.31. The second kappa shape index (κ2) is 9.97. The monoisotopic (exact) mass is 481 g/mol. The van der Waals surface area contributed by atoms with Gasteiger partial charge in [0.1, 0.15) is 12.4 Å². The molecule has 0 aromatic heterocycles. The molecule has 1 heterocycles. The van der Waals surface area contributed by atoms with Gasteiger partial charge in [-0.1, -0.05) is 35.5 Å². The summed E-state index contributed by atoms with van der Waals surface area (Å²) in [6.45, 7) is 2.26. The van der Waals surface area contributed by atoms with E-state index in [1.165, 1.54) is 23.9 Å². The molecule has 0 spiro atoms. The maximum atomic E-state index is 12.4. The van der Waals surface area contributed by atoms with Crippen molar-refractivity contribution in [2.75, 3.05) is 5.32 Å². The van der Waals surface area contributed by atoms with Gasteiger partial charge >= 0.3 is 0 Å². The zero-order chi connectivity index (χ0) is 23.4. The average molecular weight is 482 g/mol. The number of nitro groups is 1. The number of nitrogens with one attached hydrogen (secondary N) is 2. The SMILES string of the molecule is Cc1cc(Cl)ccc1NC1NC(=O)/C(=C/c2ccc(OCc3ccc([N+](=O)[O-])cc3)cc2)S1. The molecule has 168 valence electrons. The highest BCUT2D eigenvalue weighted by Gasteiger charge is 2.27. The molecular weight excluding hydrogens is 462 g/mol. The first kappa shape index (κ1) is 22.7. The lowest BCUT2D eigenvalue weighted by molar-refractivity contribution is -0.384. The zero-order valence-corrected chi connectivity index (χ0v) is 19.2. The first-order chi connectivity index (χ1) is 15.9. The molecule has 9 heteroatoms. The molecule has 1 aliphatic rings. The number of halogens is 1. The third kappa shape index (κ3) is 5.85. The molecule has 1 atom stereocenters. The minimum atomic E-state index is -0.433. The number of thioether (sulfide) groups is 1. The van der Waals surface area contributed by atoms with E-state index >= 15 is 0 Å². The van der Waals surface area contributed by atoms with Crippen molar-refractivity contribution < 1.29 is 14.5 Å². The summed E-state index contributed by atoms with van der Waals surface area (Å²) in [4.78, 5) is 23.3. The maximum Gasteiger partial charge on any atom is 0.269 e. The van der Waals surface area contributed by atoms with Gasteiger partial charge in [-0.25, -0.2) is 0 Å². The van der Waals surface area contributed by atoms with E-state index in [1.807, 2.05) is 49.4 Å². The Bertz CT molecular complexity index is 1210. The summed E-state index contributed by atoms with van der Waals surface area (Å²) in [5, 5.41) is 17.6. The number of hydrogen-bond acceptors (Lipinski definition) is 6. The van der Waals surface area contributed by atoms with Crippen LogP contribution >= 0.6 is 23.4 Å². The van der Waals surface area contributed by atoms with E-state index in [-0.39, 0.29) is 17.1 Å². The van der Waals surface area contributed by atoms with E-state index in [1.54, 1.807) is 18.2 Å². The van der Waals surface area contributed by atoms with E-state index < -0.39 is 4.92 Å². The molecule has 0 aliphatic carbocycles. The van der Waals surface area contributed by atoms with E-state index in [0.29, 0.717) is 22.3 Å². The molecule has 1 unspecified atom stereocenters. The number of anilines is 1. The van der Waals surface area contributed by atoms with Crippen LogP contribution in [0.3, 0.4) is 0 Å². The van der Waals surface area contributed by atoms with Crippen molar-refractivity contribution in [1.29, 1.82) is 0 Å². The van der Waals surface area contributed by atoms with Crippen molar-refractivity contribution in [2.45, 2.75) is 19.0 Å². The number of ether oxygens (including phenoxy) is 1. The zero-order valence-electron chi connectivity index (χ0n) is 17.6. The van der Waals surface area contributed by atoms with Crippen molar-refractivity contribution in [2.24, 2.45) is 0 Å². The molecule has 0 bridgehead atoms. The fraction of sp³-hybridized carbons (Fsp3) is 0.125. The summed E-state index contributed by atoms with van der Waals surface area (Å²) in [5.41, 5.74) is 3.39. The van der Waals surface area contributed by atoms with Gasteiger partial charge in [0, 0.05) is 22.8 Å². The topological polar surface area (TPSA) is 93.5 Å². The van der Waals surface area contributed by atoms with Crippen LogP contribution < -0.4 is 15.4 Å². The second-order valence-electron chi connectivity index (χ2n) is 7.36. The van der Waals surface area contributed by atoms with Crippen LogP contribution in [0.2, 0.25) is 5.02 Å². The van der Waals surface area contributed by atoms with Crippen molar-refractivity contribution in [3.05, 3.63) is 103 Å². The lowest BCUT2D eigenvalue weighted by Crippen LogP contribution is -2.31. The molecule has 3 aromatic rings. The van der Waals surface area contributed by atoms with Crippen LogP contribution in [0.1, 0.15) is 16.7 Å². The maximum absolute atomic E-state index is 12.4. The summed E-state index contributed by atoms with van der Waals surface area (Å²) in [7, 11) is 0. The van der Waals surface area contributed by atoms with Crippen molar-refractivity contribution in [3.8, 4) is 5.75 Å². The summed E-state index contributed by atoms with van der Waals surface area (Å²) in [5.74, 6) is 0.527. The largest absolute Gasteiger partial charge is 0.489 e. The number of rotatable bonds is 7. The van der Waals surface area contributed by atoms with Gasteiger partial charge in [0.2, 0.25) is 0 Å². The smallest absolute Gasteiger partial charge is 0.269 e. The number of carbonyl (C=O) groups excluding carboxylic acids is 1. The Labute approximate surface area is 199 Å². The minimum Gasteiger partial charge on any atom is -0.489 e. The quantitative estimate of drug-likeness (QED) is 0.254. The number of nitro benzene ring substituents is 1. The summed E-state index contributed by atoms with van der Waals surface area (Å²) >= 11 is 7.42. The molecule has 1 amide bonds. The Kier molecular flexibility index (Phi) is 6.86. The minimum absolute atomic E-state index is 0.0469. The van der Waals surface area contributed by atoms with Crippen LogP contribution in [-0.2, 0) is 11.4 Å². The van der Waals surface area contributed by atoms with Gasteiger partial charge in [-0.05, 0) is 72.2 Å². The predicted molar refractivity (Wildman–Crippen MR) is 131 cm³/mol. The molecular formula is C24H20ClN3O4S. The Morgan fingerprint density at radius 1 is 1.15 bits per heavy atom. The Morgan fingerprint density at radius 3 is 2.55 bits per heavy atom. The van der Waals surface area contributed by atoms with Gasteiger partial charge in [0.15, 0.2) is 5.50 Å². The second-order valence-corrected chi connectivity index (χ2v) is 8.95. The van der Waals surface area contributed by atoms with Crippen LogP contribution in [-0.4, -0.2) is 16.3 Å². The normalized spacial score (nSPS) is 16.5. The summed E-state index contributed by atoms with van der Waals surface area (Å²) in [6.07, 6.45) is 1.83. The van der Waals surface area contributed by atoms with Gasteiger partial charge in [0.05, 0.1) is 9.83 Å². The molecule has 2 N–H and O–H groups in total. The van der Waals surface area contributed by atoms with E-state index in [9.17, 15) is 14.9 Å². The Hall–Kier alpha value is -3.49. The number of nitrogens with zero attached hydrogens (tertiary/aromatic N) is 1. The molecule has 1 saturated heterocycles. The molecule has 0 radical (unpaired) electrons. The number of benzene rings is 3. The van der Waals surface area contributed by atoms with Gasteiger partial charge < -0.3 is 15.4 Å². The highest BCUT2D eigenvalue weighted by atomic mass is 35.5. The Morgan fingerprint density at radius 2 is 1.88 bits per heavy atom. The third-order valence-corrected chi connectivity index (χ3v) is 6.20. The van der Waals surface area contributed by atoms with Gasteiger partial charge in [-0.15, -0.1) is 0 Å². The molecule has 1 fully saturated rings. The Balaban J connectivity index is 1.35. The number of hydrogen-bond donors (Lipinski definition) is 2. The lowest BCUT2D eigenvalue weighted by atomic mass is 10.2. The number of non-ortho nitro benzene ring substituents is 1. The van der Waals surface area contributed by atoms with Crippen LogP contribution in [0.15, 0.2) is 71.6 Å². The van der Waals surface area contributed by atoms with Crippen LogP contribution in [0.5, 0.6) is 5.75 Å². The lowest BCUT2D eigenvalue weighted by Gasteiger charge is -2.15. The van der Waals surface area contributed by atoms with E-state index in [4.69, 9.17) is 16.3 Å². The van der Waals surface area contributed by atoms with Crippen LogP contribution in [0.4, 0.5) is 11.4 Å². The standard InChI is InChI=1S/C24H20ClN3O4S/c1-15-12-18(25)6-11-21(15)26-24-27-23(29)22(33-24)13-16-4-9-20(10-5-16)32-14-17-2-7-19(8-3-17)28(30)31/h2-13,24,26H,14H2,1H3,(H,27,29)/b22-13-. The average Bonchev–Trinajstić information content (AvgIpc) is 3.14.